The third kappa shape index (κ3) is 5.88. The number of carbonyl (C=O) groups excluding carboxylic acids is 5. The zero-order valence-electron chi connectivity index (χ0n) is 21.7. The molecule has 0 aliphatic carbocycles. The van der Waals surface area contributed by atoms with Crippen LogP contribution in [0.15, 0.2) is 0 Å². The molecule has 0 saturated carbocycles. The Morgan fingerprint density at radius 1 is 0.941 bits per heavy atom. The first-order valence-electron chi connectivity index (χ1n) is 12.1. The number of likely N-dealkylation sites (N-methyl/N-ethyl adjacent to an activating group) is 2. The van der Waals surface area contributed by atoms with Gasteiger partial charge in [-0.25, -0.2) is 4.79 Å². The van der Waals surface area contributed by atoms with Gasteiger partial charge in [-0.15, -0.1) is 0 Å². The van der Waals surface area contributed by atoms with Crippen molar-refractivity contribution >= 4 is 29.6 Å². The van der Waals surface area contributed by atoms with Crippen molar-refractivity contribution in [3.63, 3.8) is 0 Å². The van der Waals surface area contributed by atoms with Gasteiger partial charge in [0.1, 0.15) is 24.2 Å². The number of amides is 4. The first kappa shape index (κ1) is 27.6. The van der Waals surface area contributed by atoms with Crippen molar-refractivity contribution in [2.75, 3.05) is 27.2 Å². The van der Waals surface area contributed by atoms with Crippen molar-refractivity contribution in [2.24, 2.45) is 17.8 Å². The molecule has 34 heavy (non-hydrogen) atoms. The van der Waals surface area contributed by atoms with E-state index in [-0.39, 0.29) is 30.2 Å². The van der Waals surface area contributed by atoms with E-state index in [1.165, 1.54) is 28.8 Å². The molecule has 0 aromatic rings. The Bertz CT molecular complexity index is 813. The molecule has 4 amide bonds. The summed E-state index contributed by atoms with van der Waals surface area (Å²) in [4.78, 5) is 69.8. The summed E-state index contributed by atoms with van der Waals surface area (Å²) in [6.45, 7) is 10.7. The van der Waals surface area contributed by atoms with Gasteiger partial charge in [-0.05, 0) is 31.6 Å². The molecular weight excluding hydrogens is 440 g/mol. The molecule has 1 N–H and O–H groups in total. The number of ether oxygens (including phenoxy) is 1. The van der Waals surface area contributed by atoms with Gasteiger partial charge in [0.05, 0.1) is 12.5 Å². The van der Waals surface area contributed by atoms with Crippen molar-refractivity contribution in [1.29, 1.82) is 0 Å². The summed E-state index contributed by atoms with van der Waals surface area (Å²) < 4.78 is 5.60. The molecule has 0 radical (unpaired) electrons. The maximum Gasteiger partial charge on any atom is 0.329 e. The second-order valence-corrected chi connectivity index (χ2v) is 10.2. The van der Waals surface area contributed by atoms with Crippen LogP contribution in [-0.2, 0) is 28.7 Å². The summed E-state index contributed by atoms with van der Waals surface area (Å²) >= 11 is 0. The third-order valence-electron chi connectivity index (χ3n) is 6.90. The number of hydrogen-bond donors (Lipinski definition) is 1. The van der Waals surface area contributed by atoms with Crippen molar-refractivity contribution in [3.05, 3.63) is 0 Å². The smallest absolute Gasteiger partial charge is 0.329 e. The van der Waals surface area contributed by atoms with Gasteiger partial charge in [0.2, 0.25) is 23.6 Å². The second-order valence-electron chi connectivity index (χ2n) is 10.2. The molecule has 10 heteroatoms. The molecule has 0 aromatic heterocycles. The number of cyclic esters (lactones) is 1. The van der Waals surface area contributed by atoms with Crippen LogP contribution in [0.2, 0.25) is 0 Å². The van der Waals surface area contributed by atoms with Crippen LogP contribution in [0.5, 0.6) is 0 Å². The van der Waals surface area contributed by atoms with Gasteiger partial charge in [-0.2, -0.15) is 0 Å². The lowest BCUT2D eigenvalue weighted by molar-refractivity contribution is -0.164. The number of hydrogen-bond acceptors (Lipinski definition) is 6. The largest absolute Gasteiger partial charge is 0.460 e. The van der Waals surface area contributed by atoms with E-state index in [9.17, 15) is 24.0 Å². The highest BCUT2D eigenvalue weighted by atomic mass is 16.5. The van der Waals surface area contributed by atoms with Crippen molar-refractivity contribution in [2.45, 2.75) is 78.6 Å². The number of carbonyl (C=O) groups is 5. The lowest BCUT2D eigenvalue weighted by atomic mass is 9.98. The zero-order chi connectivity index (χ0) is 25.9. The average molecular weight is 481 g/mol. The van der Waals surface area contributed by atoms with Gasteiger partial charge < -0.3 is 24.8 Å². The van der Waals surface area contributed by atoms with E-state index in [0.29, 0.717) is 19.4 Å². The maximum absolute atomic E-state index is 13.4. The lowest BCUT2D eigenvalue weighted by Crippen LogP contribution is -2.58. The van der Waals surface area contributed by atoms with Crippen LogP contribution >= 0.6 is 0 Å². The fourth-order valence-electron chi connectivity index (χ4n) is 4.51. The topological polar surface area (TPSA) is 116 Å². The minimum absolute atomic E-state index is 0.213. The number of fused-ring (bicyclic) bond motifs is 1. The Kier molecular flexibility index (Phi) is 9.08. The minimum Gasteiger partial charge on any atom is -0.460 e. The molecule has 2 saturated heterocycles. The van der Waals surface area contributed by atoms with E-state index in [2.05, 4.69) is 5.32 Å². The van der Waals surface area contributed by atoms with Gasteiger partial charge in [-0.1, -0.05) is 34.6 Å². The summed E-state index contributed by atoms with van der Waals surface area (Å²) in [6.07, 6.45) is 0.386. The normalized spacial score (nSPS) is 30.7. The highest BCUT2D eigenvalue weighted by molar-refractivity contribution is 5.95. The molecule has 2 heterocycles. The molecule has 5 atom stereocenters. The van der Waals surface area contributed by atoms with Crippen molar-refractivity contribution < 1.29 is 28.7 Å². The molecule has 2 aliphatic rings. The summed E-state index contributed by atoms with van der Waals surface area (Å²) in [7, 11) is 3.03. The van der Waals surface area contributed by atoms with Gasteiger partial charge in [0, 0.05) is 20.6 Å². The Labute approximate surface area is 202 Å². The van der Waals surface area contributed by atoms with Crippen molar-refractivity contribution in [1.82, 2.24) is 20.0 Å². The Hall–Kier alpha value is -2.65. The first-order chi connectivity index (χ1) is 15.8. The molecule has 2 fully saturated rings. The third-order valence-corrected chi connectivity index (χ3v) is 6.90. The fraction of sp³-hybridized carbons (Fsp3) is 0.792. The van der Waals surface area contributed by atoms with Crippen LogP contribution in [0.4, 0.5) is 0 Å². The predicted molar refractivity (Wildman–Crippen MR) is 125 cm³/mol. The molecule has 2 rings (SSSR count). The van der Waals surface area contributed by atoms with E-state index in [0.717, 1.165) is 0 Å². The molecule has 5 unspecified atom stereocenters. The monoisotopic (exact) mass is 480 g/mol. The summed E-state index contributed by atoms with van der Waals surface area (Å²) in [5.41, 5.74) is 0. The number of nitrogens with zero attached hydrogens (tertiary/aromatic N) is 3. The summed E-state index contributed by atoms with van der Waals surface area (Å²) in [5, 5.41) is 2.82. The molecule has 192 valence electrons. The Morgan fingerprint density at radius 3 is 2.12 bits per heavy atom. The van der Waals surface area contributed by atoms with E-state index >= 15 is 0 Å². The average Bonchev–Trinajstić information content (AvgIpc) is 3.24. The van der Waals surface area contributed by atoms with Crippen molar-refractivity contribution in [3.8, 4) is 0 Å². The van der Waals surface area contributed by atoms with Gasteiger partial charge in [-0.3, -0.25) is 19.2 Å². The van der Waals surface area contributed by atoms with Gasteiger partial charge in [0.25, 0.3) is 0 Å². The van der Waals surface area contributed by atoms with Gasteiger partial charge >= 0.3 is 5.97 Å². The van der Waals surface area contributed by atoms with E-state index in [4.69, 9.17) is 4.74 Å². The van der Waals surface area contributed by atoms with Crippen LogP contribution in [0.3, 0.4) is 0 Å². The van der Waals surface area contributed by atoms with Crippen LogP contribution in [0.25, 0.3) is 0 Å². The highest BCUT2D eigenvalue weighted by Crippen LogP contribution is 2.23. The summed E-state index contributed by atoms with van der Waals surface area (Å²) in [5.74, 6) is -3.27. The number of rotatable bonds is 2. The predicted octanol–water partition coefficient (Wildman–Crippen LogP) is 0.641. The van der Waals surface area contributed by atoms with Crippen LogP contribution in [0, 0.1) is 17.8 Å². The molecule has 10 nitrogen and oxygen atoms in total. The highest BCUT2D eigenvalue weighted by Gasteiger charge is 2.42. The molecule has 0 aromatic carbocycles. The zero-order valence-corrected chi connectivity index (χ0v) is 21.7. The van der Waals surface area contributed by atoms with E-state index < -0.39 is 47.9 Å². The maximum atomic E-state index is 13.4. The summed E-state index contributed by atoms with van der Waals surface area (Å²) in [6, 6.07) is -2.38. The van der Waals surface area contributed by atoms with Crippen LogP contribution in [-0.4, -0.2) is 95.7 Å². The molecule has 0 bridgehead atoms. The lowest BCUT2D eigenvalue weighted by Gasteiger charge is -2.35. The Balaban J connectivity index is 2.46. The van der Waals surface area contributed by atoms with E-state index in [1.807, 2.05) is 13.8 Å². The standard InChI is InChI=1S/C24H40N4O6/c1-13(2)19-23(32)28-11-9-10-17(28)22(31)26(7)12-18(29)27(8)20(14(3)4)24(33)34-16(6)15(5)21(30)25-19/h13-17,19-20H,9-12H2,1-8H3,(H,25,30). The first-order valence-corrected chi connectivity index (χ1v) is 12.1. The number of nitrogens with one attached hydrogen (secondary N) is 1. The van der Waals surface area contributed by atoms with Crippen LogP contribution < -0.4 is 5.32 Å². The minimum atomic E-state index is -0.866. The second kappa shape index (κ2) is 11.2. The molecule has 0 spiro atoms. The fourth-order valence-corrected chi connectivity index (χ4v) is 4.51. The van der Waals surface area contributed by atoms with Gasteiger partial charge in [0.15, 0.2) is 0 Å². The molecular formula is C24H40N4O6. The quantitative estimate of drug-likeness (QED) is 0.580. The Morgan fingerprint density at radius 2 is 1.56 bits per heavy atom. The molecule has 2 aliphatic heterocycles. The SMILES string of the molecule is CC(C)C1NC(=O)C(C)C(C)OC(=O)C(C(C)C)N(C)C(=O)CN(C)C(=O)C2CCCN2C1=O. The number of esters is 1. The van der Waals surface area contributed by atoms with Crippen LogP contribution in [0.1, 0.15) is 54.4 Å². The van der Waals surface area contributed by atoms with E-state index in [1.54, 1.807) is 27.7 Å².